The van der Waals surface area contributed by atoms with Crippen molar-refractivity contribution < 1.29 is 4.79 Å². The summed E-state index contributed by atoms with van der Waals surface area (Å²) in [5.41, 5.74) is 4.21. The quantitative estimate of drug-likeness (QED) is 0.872. The number of nitrogens with one attached hydrogen (secondary N) is 2. The molecule has 3 rings (SSSR count). The van der Waals surface area contributed by atoms with Crippen LogP contribution in [-0.4, -0.2) is 43.5 Å². The molecule has 1 aromatic rings. The van der Waals surface area contributed by atoms with Crippen molar-refractivity contribution in [2.45, 2.75) is 57.5 Å². The Labute approximate surface area is 146 Å². The fourth-order valence-corrected chi connectivity index (χ4v) is 4.03. The predicted octanol–water partition coefficient (Wildman–Crippen LogP) is 2.43. The lowest BCUT2D eigenvalue weighted by Gasteiger charge is -2.32. The van der Waals surface area contributed by atoms with Gasteiger partial charge in [-0.3, -0.25) is 9.69 Å². The van der Waals surface area contributed by atoms with Crippen molar-refractivity contribution in [3.63, 3.8) is 0 Å². The zero-order chi connectivity index (χ0) is 16.9. The Morgan fingerprint density at radius 3 is 2.83 bits per heavy atom. The van der Waals surface area contributed by atoms with E-state index in [1.165, 1.54) is 55.2 Å². The van der Waals surface area contributed by atoms with Crippen LogP contribution in [-0.2, 0) is 17.6 Å². The number of benzene rings is 1. The van der Waals surface area contributed by atoms with Gasteiger partial charge in [0.15, 0.2) is 0 Å². The summed E-state index contributed by atoms with van der Waals surface area (Å²) in [5.74, 6) is 0.136. The molecule has 4 heteroatoms. The number of fused-ring (bicyclic) bond motifs is 1. The molecule has 4 nitrogen and oxygen atoms in total. The standard InChI is InChI=1S/C20H31N3O/c1-15(17-10-9-16-6-3-4-7-18(16)12-17)22-20(24)14-23-11-5-8-19(13-23)21-2/h9-10,12,15,19,21H,3-8,11,13-14H2,1-2H3,(H,22,24). The summed E-state index contributed by atoms with van der Waals surface area (Å²) in [4.78, 5) is 14.7. The third-order valence-corrected chi connectivity index (χ3v) is 5.53. The summed E-state index contributed by atoms with van der Waals surface area (Å²) < 4.78 is 0. The maximum atomic E-state index is 12.4. The van der Waals surface area contributed by atoms with Crippen molar-refractivity contribution >= 4 is 5.91 Å². The normalized spacial score (nSPS) is 22.7. The van der Waals surface area contributed by atoms with Gasteiger partial charge in [-0.2, -0.15) is 0 Å². The second-order valence-corrected chi connectivity index (χ2v) is 7.39. The molecule has 1 aliphatic carbocycles. The fraction of sp³-hybridized carbons (Fsp3) is 0.650. The minimum Gasteiger partial charge on any atom is -0.348 e. The summed E-state index contributed by atoms with van der Waals surface area (Å²) in [7, 11) is 2.01. The molecule has 1 saturated heterocycles. The van der Waals surface area contributed by atoms with Crippen LogP contribution >= 0.6 is 0 Å². The number of rotatable bonds is 5. The molecule has 1 heterocycles. The molecule has 0 saturated carbocycles. The molecular formula is C20H31N3O. The number of hydrogen-bond donors (Lipinski definition) is 2. The van der Waals surface area contributed by atoms with Gasteiger partial charge in [0.1, 0.15) is 0 Å². The lowest BCUT2D eigenvalue weighted by molar-refractivity contribution is -0.123. The molecule has 0 spiro atoms. The molecule has 1 aliphatic heterocycles. The number of piperidine rings is 1. The number of aryl methyl sites for hydroxylation is 2. The van der Waals surface area contributed by atoms with Gasteiger partial charge in [0.05, 0.1) is 12.6 Å². The summed E-state index contributed by atoms with van der Waals surface area (Å²) in [5, 5.41) is 6.51. The molecule has 132 valence electrons. The number of amides is 1. The van der Waals surface area contributed by atoms with Crippen molar-refractivity contribution in [3.05, 3.63) is 34.9 Å². The average molecular weight is 329 g/mol. The SMILES string of the molecule is CNC1CCCN(CC(=O)NC(C)c2ccc3c(c2)CCCC3)C1. The van der Waals surface area contributed by atoms with Crippen molar-refractivity contribution in [1.29, 1.82) is 0 Å². The number of carbonyl (C=O) groups is 1. The van der Waals surface area contributed by atoms with Crippen molar-refractivity contribution in [2.24, 2.45) is 0 Å². The number of nitrogens with zero attached hydrogens (tertiary/aromatic N) is 1. The van der Waals surface area contributed by atoms with Crippen LogP contribution in [0.1, 0.15) is 55.3 Å². The van der Waals surface area contributed by atoms with E-state index in [0.29, 0.717) is 12.6 Å². The van der Waals surface area contributed by atoms with E-state index < -0.39 is 0 Å². The third kappa shape index (κ3) is 4.37. The first-order valence-corrected chi connectivity index (χ1v) is 9.46. The molecule has 2 atom stereocenters. The van der Waals surface area contributed by atoms with Gasteiger partial charge in [-0.1, -0.05) is 18.2 Å². The molecule has 0 aromatic heterocycles. The van der Waals surface area contributed by atoms with Crippen LogP contribution in [0, 0.1) is 0 Å². The van der Waals surface area contributed by atoms with Crippen LogP contribution in [0.3, 0.4) is 0 Å². The van der Waals surface area contributed by atoms with E-state index in [0.717, 1.165) is 13.1 Å². The van der Waals surface area contributed by atoms with Crippen molar-refractivity contribution in [3.8, 4) is 0 Å². The van der Waals surface area contributed by atoms with E-state index in [1.807, 2.05) is 7.05 Å². The Morgan fingerprint density at radius 2 is 2.04 bits per heavy atom. The largest absolute Gasteiger partial charge is 0.348 e. The summed E-state index contributed by atoms with van der Waals surface area (Å²) in [6.07, 6.45) is 7.36. The van der Waals surface area contributed by atoms with Gasteiger partial charge in [-0.25, -0.2) is 0 Å². The number of likely N-dealkylation sites (tertiary alicyclic amines) is 1. The van der Waals surface area contributed by atoms with Gasteiger partial charge in [-0.05, 0) is 75.7 Å². The summed E-state index contributed by atoms with van der Waals surface area (Å²) in [6.45, 7) is 4.60. The molecule has 2 N–H and O–H groups in total. The molecule has 2 aliphatic rings. The second-order valence-electron chi connectivity index (χ2n) is 7.39. The average Bonchev–Trinajstić information content (AvgIpc) is 2.61. The topological polar surface area (TPSA) is 44.4 Å². The van der Waals surface area contributed by atoms with E-state index in [-0.39, 0.29) is 11.9 Å². The molecule has 1 fully saturated rings. The highest BCUT2D eigenvalue weighted by atomic mass is 16.2. The van der Waals surface area contributed by atoms with Crippen LogP contribution in [0.2, 0.25) is 0 Å². The Morgan fingerprint density at radius 1 is 1.25 bits per heavy atom. The van der Waals surface area contributed by atoms with Crippen molar-refractivity contribution in [2.75, 3.05) is 26.7 Å². The monoisotopic (exact) mass is 329 g/mol. The van der Waals surface area contributed by atoms with Crippen molar-refractivity contribution in [1.82, 2.24) is 15.5 Å². The number of likely N-dealkylation sites (N-methyl/N-ethyl adjacent to an activating group) is 1. The van der Waals surface area contributed by atoms with Crippen LogP contribution in [0.15, 0.2) is 18.2 Å². The lowest BCUT2D eigenvalue weighted by Crippen LogP contribution is -2.48. The first kappa shape index (κ1) is 17.4. The highest BCUT2D eigenvalue weighted by Gasteiger charge is 2.21. The van der Waals surface area contributed by atoms with Gasteiger partial charge >= 0.3 is 0 Å². The Bertz CT molecular complexity index is 572. The molecule has 1 amide bonds. The Kier molecular flexibility index (Phi) is 5.90. The highest BCUT2D eigenvalue weighted by Crippen LogP contribution is 2.24. The first-order valence-electron chi connectivity index (χ1n) is 9.46. The van der Waals surface area contributed by atoms with Crippen LogP contribution in [0.5, 0.6) is 0 Å². The third-order valence-electron chi connectivity index (χ3n) is 5.53. The van der Waals surface area contributed by atoms with Crippen LogP contribution in [0.4, 0.5) is 0 Å². The Hall–Kier alpha value is -1.39. The van der Waals surface area contributed by atoms with E-state index >= 15 is 0 Å². The maximum absolute atomic E-state index is 12.4. The highest BCUT2D eigenvalue weighted by molar-refractivity contribution is 5.78. The smallest absolute Gasteiger partial charge is 0.234 e. The fourth-order valence-electron chi connectivity index (χ4n) is 4.03. The van der Waals surface area contributed by atoms with E-state index in [2.05, 4.69) is 40.7 Å². The van der Waals surface area contributed by atoms with Gasteiger partial charge < -0.3 is 10.6 Å². The van der Waals surface area contributed by atoms with Gasteiger partial charge in [0.2, 0.25) is 5.91 Å². The molecule has 0 radical (unpaired) electrons. The molecular weight excluding hydrogens is 298 g/mol. The zero-order valence-electron chi connectivity index (χ0n) is 15.1. The second kappa shape index (κ2) is 8.13. The molecule has 0 bridgehead atoms. The van der Waals surface area contributed by atoms with Gasteiger partial charge in [-0.15, -0.1) is 0 Å². The lowest BCUT2D eigenvalue weighted by atomic mass is 9.89. The van der Waals surface area contributed by atoms with E-state index in [9.17, 15) is 4.79 Å². The molecule has 24 heavy (non-hydrogen) atoms. The Balaban J connectivity index is 1.54. The summed E-state index contributed by atoms with van der Waals surface area (Å²) in [6, 6.07) is 7.35. The minimum absolute atomic E-state index is 0.0783. The minimum atomic E-state index is 0.0783. The molecule has 1 aromatic carbocycles. The van der Waals surface area contributed by atoms with Gasteiger partial charge in [0.25, 0.3) is 0 Å². The number of hydrogen-bond acceptors (Lipinski definition) is 3. The van der Waals surface area contributed by atoms with Gasteiger partial charge in [0, 0.05) is 12.6 Å². The number of carbonyl (C=O) groups excluding carboxylic acids is 1. The van der Waals surface area contributed by atoms with Crippen LogP contribution < -0.4 is 10.6 Å². The summed E-state index contributed by atoms with van der Waals surface area (Å²) >= 11 is 0. The first-order chi connectivity index (χ1) is 11.7. The van der Waals surface area contributed by atoms with Crippen LogP contribution in [0.25, 0.3) is 0 Å². The zero-order valence-corrected chi connectivity index (χ0v) is 15.1. The molecule has 2 unspecified atom stereocenters. The maximum Gasteiger partial charge on any atom is 0.234 e. The van der Waals surface area contributed by atoms with E-state index in [4.69, 9.17) is 0 Å². The predicted molar refractivity (Wildman–Crippen MR) is 98.2 cm³/mol. The van der Waals surface area contributed by atoms with E-state index in [1.54, 1.807) is 0 Å².